The van der Waals surface area contributed by atoms with E-state index in [1.165, 1.54) is 5.56 Å². The van der Waals surface area contributed by atoms with Crippen LogP contribution in [0, 0.1) is 0 Å². The fourth-order valence-electron chi connectivity index (χ4n) is 3.91. The molecule has 8 nitrogen and oxygen atoms in total. The summed E-state index contributed by atoms with van der Waals surface area (Å²) in [5.41, 5.74) is 2.29. The molecule has 0 spiro atoms. The highest BCUT2D eigenvalue weighted by molar-refractivity contribution is 5.78. The third-order valence-electron chi connectivity index (χ3n) is 5.52. The van der Waals surface area contributed by atoms with E-state index in [4.69, 9.17) is 4.74 Å². The Morgan fingerprint density at radius 1 is 1.23 bits per heavy atom. The molecular formula is C22H28N6O2. The predicted octanol–water partition coefficient (Wildman–Crippen LogP) is 2.10. The van der Waals surface area contributed by atoms with Gasteiger partial charge in [-0.15, -0.1) is 10.2 Å². The van der Waals surface area contributed by atoms with Crippen LogP contribution in [0.15, 0.2) is 36.5 Å². The summed E-state index contributed by atoms with van der Waals surface area (Å²) < 4.78 is 7.13. The first-order chi connectivity index (χ1) is 14.6. The summed E-state index contributed by atoms with van der Waals surface area (Å²) in [5, 5.41) is 12.9. The lowest BCUT2D eigenvalue weighted by Gasteiger charge is -2.20. The Hall–Kier alpha value is -2.84. The Labute approximate surface area is 176 Å². The summed E-state index contributed by atoms with van der Waals surface area (Å²) in [6.07, 6.45) is 3.01. The SMILES string of the molecule is COCCC(=O)N[C@@H](C)c1nnc2n1CCN(Cc1ccc3cccnc3c1)CC2. The van der Waals surface area contributed by atoms with Crippen LogP contribution in [0.2, 0.25) is 0 Å². The van der Waals surface area contributed by atoms with Gasteiger partial charge in [-0.25, -0.2) is 0 Å². The third-order valence-corrected chi connectivity index (χ3v) is 5.52. The number of carbonyl (C=O) groups is 1. The van der Waals surface area contributed by atoms with Crippen molar-refractivity contribution >= 4 is 16.8 Å². The number of pyridine rings is 1. The van der Waals surface area contributed by atoms with Crippen molar-refractivity contribution in [3.05, 3.63) is 53.7 Å². The van der Waals surface area contributed by atoms with Gasteiger partial charge in [0.15, 0.2) is 5.82 Å². The van der Waals surface area contributed by atoms with Crippen LogP contribution in [0.1, 0.15) is 36.6 Å². The fraction of sp³-hybridized carbons (Fsp3) is 0.455. The number of carbonyl (C=O) groups excluding carboxylic acids is 1. The minimum Gasteiger partial charge on any atom is -0.384 e. The van der Waals surface area contributed by atoms with Gasteiger partial charge in [-0.1, -0.05) is 18.2 Å². The van der Waals surface area contributed by atoms with Gasteiger partial charge in [-0.2, -0.15) is 0 Å². The van der Waals surface area contributed by atoms with E-state index in [-0.39, 0.29) is 11.9 Å². The van der Waals surface area contributed by atoms with Crippen molar-refractivity contribution in [2.24, 2.45) is 0 Å². The van der Waals surface area contributed by atoms with Crippen LogP contribution in [0.25, 0.3) is 10.9 Å². The number of hydrogen-bond donors (Lipinski definition) is 1. The van der Waals surface area contributed by atoms with Crippen LogP contribution < -0.4 is 5.32 Å². The van der Waals surface area contributed by atoms with Gasteiger partial charge in [0.25, 0.3) is 0 Å². The first-order valence-corrected chi connectivity index (χ1v) is 10.4. The molecule has 1 amide bonds. The lowest BCUT2D eigenvalue weighted by Crippen LogP contribution is -2.30. The van der Waals surface area contributed by atoms with Crippen LogP contribution in [0.5, 0.6) is 0 Å². The number of amides is 1. The predicted molar refractivity (Wildman–Crippen MR) is 114 cm³/mol. The van der Waals surface area contributed by atoms with E-state index in [0.29, 0.717) is 13.0 Å². The molecule has 1 aliphatic rings. The van der Waals surface area contributed by atoms with Crippen LogP contribution >= 0.6 is 0 Å². The number of ether oxygens (including phenoxy) is 1. The number of methoxy groups -OCH3 is 1. The van der Waals surface area contributed by atoms with Crippen LogP contribution in [0.3, 0.4) is 0 Å². The van der Waals surface area contributed by atoms with Crippen molar-refractivity contribution in [2.45, 2.75) is 38.9 Å². The smallest absolute Gasteiger partial charge is 0.222 e. The molecule has 0 radical (unpaired) electrons. The molecule has 30 heavy (non-hydrogen) atoms. The molecule has 1 aliphatic heterocycles. The van der Waals surface area contributed by atoms with E-state index in [0.717, 1.165) is 55.2 Å². The lowest BCUT2D eigenvalue weighted by atomic mass is 10.1. The second-order valence-electron chi connectivity index (χ2n) is 7.71. The Bertz CT molecular complexity index is 1020. The lowest BCUT2D eigenvalue weighted by molar-refractivity contribution is -0.122. The van der Waals surface area contributed by atoms with Gasteiger partial charge in [-0.3, -0.25) is 14.7 Å². The number of benzene rings is 1. The van der Waals surface area contributed by atoms with E-state index in [9.17, 15) is 4.79 Å². The molecule has 0 unspecified atom stereocenters. The van der Waals surface area contributed by atoms with E-state index in [1.807, 2.05) is 19.2 Å². The Morgan fingerprint density at radius 3 is 3.00 bits per heavy atom. The Morgan fingerprint density at radius 2 is 2.13 bits per heavy atom. The topological polar surface area (TPSA) is 85.2 Å². The molecule has 4 rings (SSSR count). The first-order valence-electron chi connectivity index (χ1n) is 10.4. The summed E-state index contributed by atoms with van der Waals surface area (Å²) in [6, 6.07) is 10.3. The maximum atomic E-state index is 12.0. The molecule has 0 saturated heterocycles. The minimum atomic E-state index is -0.186. The summed E-state index contributed by atoms with van der Waals surface area (Å²) in [7, 11) is 1.59. The molecule has 1 aromatic carbocycles. The second kappa shape index (κ2) is 9.32. The quantitative estimate of drug-likeness (QED) is 0.644. The minimum absolute atomic E-state index is 0.0399. The van der Waals surface area contributed by atoms with Crippen molar-refractivity contribution < 1.29 is 9.53 Å². The number of nitrogens with one attached hydrogen (secondary N) is 1. The number of hydrogen-bond acceptors (Lipinski definition) is 6. The Balaban J connectivity index is 1.40. The maximum Gasteiger partial charge on any atom is 0.222 e. The highest BCUT2D eigenvalue weighted by Crippen LogP contribution is 2.18. The van der Waals surface area contributed by atoms with E-state index in [2.05, 4.69) is 54.2 Å². The van der Waals surface area contributed by atoms with E-state index >= 15 is 0 Å². The first kappa shape index (κ1) is 20.4. The molecule has 0 saturated carbocycles. The van der Waals surface area contributed by atoms with Gasteiger partial charge in [0, 0.05) is 57.7 Å². The summed E-state index contributed by atoms with van der Waals surface area (Å²) in [4.78, 5) is 18.9. The average molecular weight is 409 g/mol. The van der Waals surface area contributed by atoms with Gasteiger partial charge in [0.05, 0.1) is 18.2 Å². The fourth-order valence-corrected chi connectivity index (χ4v) is 3.91. The zero-order chi connectivity index (χ0) is 20.9. The number of nitrogens with zero attached hydrogens (tertiary/aromatic N) is 5. The summed E-state index contributed by atoms with van der Waals surface area (Å²) in [6.45, 7) is 5.88. The molecule has 3 aromatic rings. The van der Waals surface area contributed by atoms with Crippen molar-refractivity contribution in [1.82, 2.24) is 30.0 Å². The van der Waals surface area contributed by atoms with Crippen LogP contribution in [-0.2, 0) is 29.0 Å². The molecule has 3 heterocycles. The summed E-state index contributed by atoms with van der Waals surface area (Å²) in [5.74, 6) is 1.75. The number of rotatable bonds is 7. The maximum absolute atomic E-state index is 12.0. The number of fused-ring (bicyclic) bond motifs is 2. The van der Waals surface area contributed by atoms with Crippen LogP contribution in [-0.4, -0.2) is 57.4 Å². The molecule has 2 aromatic heterocycles. The molecule has 158 valence electrons. The van der Waals surface area contributed by atoms with E-state index < -0.39 is 0 Å². The highest BCUT2D eigenvalue weighted by Gasteiger charge is 2.22. The van der Waals surface area contributed by atoms with Crippen molar-refractivity contribution in [3.63, 3.8) is 0 Å². The molecule has 1 N–H and O–H groups in total. The van der Waals surface area contributed by atoms with Crippen LogP contribution in [0.4, 0.5) is 0 Å². The number of aromatic nitrogens is 4. The second-order valence-corrected chi connectivity index (χ2v) is 7.71. The Kier molecular flexibility index (Phi) is 6.35. The normalized spacial score (nSPS) is 15.5. The molecule has 0 fully saturated rings. The van der Waals surface area contributed by atoms with Gasteiger partial charge in [-0.05, 0) is 24.6 Å². The van der Waals surface area contributed by atoms with Gasteiger partial charge >= 0.3 is 0 Å². The third kappa shape index (κ3) is 4.66. The van der Waals surface area contributed by atoms with Gasteiger partial charge in [0.1, 0.15) is 5.82 Å². The van der Waals surface area contributed by atoms with Gasteiger partial charge < -0.3 is 14.6 Å². The largest absolute Gasteiger partial charge is 0.384 e. The zero-order valence-corrected chi connectivity index (χ0v) is 17.5. The van der Waals surface area contributed by atoms with Crippen molar-refractivity contribution in [3.8, 4) is 0 Å². The van der Waals surface area contributed by atoms with Crippen molar-refractivity contribution in [1.29, 1.82) is 0 Å². The average Bonchev–Trinajstić information content (AvgIpc) is 3.07. The van der Waals surface area contributed by atoms with E-state index in [1.54, 1.807) is 7.11 Å². The monoisotopic (exact) mass is 408 g/mol. The molecular weight excluding hydrogens is 380 g/mol. The van der Waals surface area contributed by atoms with Gasteiger partial charge in [0.2, 0.25) is 5.91 Å². The zero-order valence-electron chi connectivity index (χ0n) is 17.5. The summed E-state index contributed by atoms with van der Waals surface area (Å²) >= 11 is 0. The molecule has 0 bridgehead atoms. The van der Waals surface area contributed by atoms with Crippen molar-refractivity contribution in [2.75, 3.05) is 26.8 Å². The molecule has 1 atom stereocenters. The molecule has 8 heteroatoms. The molecule has 0 aliphatic carbocycles. The standard InChI is InChI=1S/C22H28N6O2/c1-16(24-21(29)8-13-30-2)22-26-25-20-7-10-27(11-12-28(20)22)15-17-5-6-18-4-3-9-23-19(18)14-17/h3-6,9,14,16H,7-8,10-13,15H2,1-2H3,(H,24,29)/t16-/m0/s1. The highest BCUT2D eigenvalue weighted by atomic mass is 16.5.